The van der Waals surface area contributed by atoms with Crippen LogP contribution in [-0.4, -0.2) is 42.1 Å². The van der Waals surface area contributed by atoms with Gasteiger partial charge in [-0.05, 0) is 30.0 Å². The van der Waals surface area contributed by atoms with Gasteiger partial charge in [0.25, 0.3) is 0 Å². The number of amides is 1. The molecule has 6 nitrogen and oxygen atoms in total. The zero-order valence-corrected chi connectivity index (χ0v) is 16.8. The molecule has 5 rings (SSSR count). The summed E-state index contributed by atoms with van der Waals surface area (Å²) >= 11 is 1.74. The minimum absolute atomic E-state index is 0.0313. The van der Waals surface area contributed by atoms with Crippen molar-refractivity contribution in [3.8, 4) is 0 Å². The normalized spacial score (nSPS) is 17.0. The van der Waals surface area contributed by atoms with E-state index in [0.29, 0.717) is 19.0 Å². The van der Waals surface area contributed by atoms with E-state index < -0.39 is 0 Å². The van der Waals surface area contributed by atoms with Crippen LogP contribution in [0.1, 0.15) is 22.9 Å². The van der Waals surface area contributed by atoms with E-state index in [1.807, 2.05) is 4.90 Å². The van der Waals surface area contributed by atoms with Crippen molar-refractivity contribution < 1.29 is 4.79 Å². The number of aromatic nitrogens is 2. The molecular formula is C21H23N5OS. The lowest BCUT2D eigenvalue weighted by atomic mass is 10.00. The third kappa shape index (κ3) is 3.09. The number of nitrogens with zero attached hydrogens (tertiary/aromatic N) is 4. The summed E-state index contributed by atoms with van der Waals surface area (Å²) in [7, 11) is 0. The third-order valence-electron chi connectivity index (χ3n) is 5.51. The number of benzene rings is 1. The molecule has 0 radical (unpaired) electrons. The summed E-state index contributed by atoms with van der Waals surface area (Å²) in [6.07, 6.45) is 2.01. The molecule has 1 N–H and O–H groups in total. The molecule has 2 aliphatic rings. The molecule has 1 amide bonds. The number of nitrogens with one attached hydrogen (secondary N) is 1. The number of aryl methyl sites for hydroxylation is 1. The maximum absolute atomic E-state index is 11.9. The Morgan fingerprint density at radius 2 is 1.96 bits per heavy atom. The summed E-state index contributed by atoms with van der Waals surface area (Å²) in [5.41, 5.74) is 2.79. The topological polar surface area (TPSA) is 61.4 Å². The van der Waals surface area contributed by atoms with Crippen LogP contribution in [-0.2, 0) is 24.2 Å². The van der Waals surface area contributed by atoms with Gasteiger partial charge in [-0.15, -0.1) is 11.3 Å². The number of fused-ring (bicyclic) bond motifs is 2. The predicted octanol–water partition coefficient (Wildman–Crippen LogP) is 2.75. The zero-order chi connectivity index (χ0) is 19.1. The molecule has 144 valence electrons. The van der Waals surface area contributed by atoms with Crippen molar-refractivity contribution >= 4 is 39.2 Å². The van der Waals surface area contributed by atoms with Gasteiger partial charge in [-0.3, -0.25) is 4.79 Å². The Balaban J connectivity index is 1.58. The second kappa shape index (κ2) is 7.05. The van der Waals surface area contributed by atoms with Crippen molar-refractivity contribution in [2.45, 2.75) is 26.3 Å². The standard InChI is InChI=1S/C21H23N5OS/c1-2-16-11-17-19(25-9-7-14-5-3-4-6-15(14)12-25)23-21(24-20(17)28-16)26-10-8-22-18(27)13-26/h3-6,11H,2,7-10,12-13H2,1H3,(H,22,27). The van der Waals surface area contributed by atoms with Crippen LogP contribution >= 0.6 is 11.3 Å². The van der Waals surface area contributed by atoms with Crippen LogP contribution in [0.25, 0.3) is 10.2 Å². The highest BCUT2D eigenvalue weighted by Gasteiger charge is 2.25. The smallest absolute Gasteiger partial charge is 0.239 e. The number of rotatable bonds is 3. The van der Waals surface area contributed by atoms with Gasteiger partial charge in [0.1, 0.15) is 10.6 Å². The molecule has 0 saturated carbocycles. The fraction of sp³-hybridized carbons (Fsp3) is 0.381. The highest BCUT2D eigenvalue weighted by Crippen LogP contribution is 2.35. The molecule has 1 aromatic carbocycles. The first-order chi connectivity index (χ1) is 13.7. The van der Waals surface area contributed by atoms with E-state index in [9.17, 15) is 4.79 Å². The Kier molecular flexibility index (Phi) is 4.39. The van der Waals surface area contributed by atoms with Crippen LogP contribution in [0.5, 0.6) is 0 Å². The van der Waals surface area contributed by atoms with Crippen LogP contribution in [0.2, 0.25) is 0 Å². The first-order valence-corrected chi connectivity index (χ1v) is 10.7. The molecule has 1 saturated heterocycles. The van der Waals surface area contributed by atoms with Crippen molar-refractivity contribution in [1.29, 1.82) is 0 Å². The fourth-order valence-corrected chi connectivity index (χ4v) is 4.94. The minimum atomic E-state index is 0.0313. The lowest BCUT2D eigenvalue weighted by Gasteiger charge is -2.32. The van der Waals surface area contributed by atoms with Gasteiger partial charge in [0.2, 0.25) is 11.9 Å². The van der Waals surface area contributed by atoms with E-state index in [2.05, 4.69) is 47.5 Å². The van der Waals surface area contributed by atoms with Gasteiger partial charge in [-0.25, -0.2) is 4.98 Å². The van der Waals surface area contributed by atoms with Crippen LogP contribution < -0.4 is 15.1 Å². The molecule has 0 spiro atoms. The molecule has 0 unspecified atom stereocenters. The van der Waals surface area contributed by atoms with Crippen molar-refractivity contribution in [3.63, 3.8) is 0 Å². The molecule has 0 atom stereocenters. The third-order valence-corrected chi connectivity index (χ3v) is 6.68. The van der Waals surface area contributed by atoms with E-state index in [4.69, 9.17) is 9.97 Å². The Hall–Kier alpha value is -2.67. The van der Waals surface area contributed by atoms with Crippen LogP contribution in [0.3, 0.4) is 0 Å². The number of hydrogen-bond acceptors (Lipinski definition) is 6. The maximum Gasteiger partial charge on any atom is 0.239 e. The van der Waals surface area contributed by atoms with Gasteiger partial charge >= 0.3 is 0 Å². The van der Waals surface area contributed by atoms with Crippen LogP contribution in [0, 0.1) is 0 Å². The number of carbonyl (C=O) groups excluding carboxylic acids is 1. The van der Waals surface area contributed by atoms with Crippen molar-refractivity contribution in [2.75, 3.05) is 36.0 Å². The monoisotopic (exact) mass is 393 g/mol. The summed E-state index contributed by atoms with van der Waals surface area (Å²) in [5, 5.41) is 4.01. The number of hydrogen-bond donors (Lipinski definition) is 1. The Labute approximate surface area is 168 Å². The second-order valence-electron chi connectivity index (χ2n) is 7.34. The van der Waals surface area contributed by atoms with Gasteiger partial charge in [0.05, 0.1) is 11.9 Å². The number of anilines is 2. The van der Waals surface area contributed by atoms with Crippen LogP contribution in [0.15, 0.2) is 30.3 Å². The summed E-state index contributed by atoms with van der Waals surface area (Å²) in [5.74, 6) is 1.70. The van der Waals surface area contributed by atoms with E-state index >= 15 is 0 Å². The van der Waals surface area contributed by atoms with E-state index in [0.717, 1.165) is 48.5 Å². The highest BCUT2D eigenvalue weighted by atomic mass is 32.1. The minimum Gasteiger partial charge on any atom is -0.353 e. The van der Waals surface area contributed by atoms with Gasteiger partial charge in [-0.2, -0.15) is 4.98 Å². The summed E-state index contributed by atoms with van der Waals surface area (Å²) < 4.78 is 0. The van der Waals surface area contributed by atoms with E-state index in [1.165, 1.54) is 16.0 Å². The first-order valence-electron chi connectivity index (χ1n) is 9.85. The van der Waals surface area contributed by atoms with Gasteiger partial charge in [-0.1, -0.05) is 31.2 Å². The second-order valence-corrected chi connectivity index (χ2v) is 8.46. The number of carbonyl (C=O) groups is 1. The molecule has 0 aliphatic carbocycles. The molecule has 1 fully saturated rings. The molecule has 0 bridgehead atoms. The average molecular weight is 394 g/mol. The average Bonchev–Trinajstić information content (AvgIpc) is 3.16. The van der Waals surface area contributed by atoms with E-state index in [-0.39, 0.29) is 5.91 Å². The SMILES string of the molecule is CCc1cc2c(N3CCc4ccccc4C3)nc(N3CCNC(=O)C3)nc2s1. The first kappa shape index (κ1) is 17.4. The number of piperazine rings is 1. The molecular weight excluding hydrogens is 370 g/mol. The van der Waals surface area contributed by atoms with Crippen molar-refractivity contribution in [2.24, 2.45) is 0 Å². The number of thiophene rings is 1. The molecule has 4 heterocycles. The zero-order valence-electron chi connectivity index (χ0n) is 15.9. The predicted molar refractivity (Wildman–Crippen MR) is 113 cm³/mol. The summed E-state index contributed by atoms with van der Waals surface area (Å²) in [6.45, 7) is 5.67. The van der Waals surface area contributed by atoms with Crippen molar-refractivity contribution in [3.05, 3.63) is 46.3 Å². The Bertz CT molecular complexity index is 1050. The summed E-state index contributed by atoms with van der Waals surface area (Å²) in [4.78, 5) is 28.4. The Morgan fingerprint density at radius 1 is 1.11 bits per heavy atom. The van der Waals surface area contributed by atoms with Crippen molar-refractivity contribution in [1.82, 2.24) is 15.3 Å². The lowest BCUT2D eigenvalue weighted by molar-refractivity contribution is -0.120. The van der Waals surface area contributed by atoms with Gasteiger partial charge < -0.3 is 15.1 Å². The molecule has 7 heteroatoms. The van der Waals surface area contributed by atoms with E-state index in [1.54, 1.807) is 11.3 Å². The fourth-order valence-electron chi connectivity index (χ4n) is 3.99. The molecule has 2 aromatic heterocycles. The molecule has 28 heavy (non-hydrogen) atoms. The van der Waals surface area contributed by atoms with Gasteiger partial charge in [0, 0.05) is 31.1 Å². The molecule has 2 aliphatic heterocycles. The largest absolute Gasteiger partial charge is 0.353 e. The Morgan fingerprint density at radius 3 is 2.79 bits per heavy atom. The lowest BCUT2D eigenvalue weighted by Crippen LogP contribution is -2.48. The molecule has 3 aromatic rings. The van der Waals surface area contributed by atoms with Crippen LogP contribution in [0.4, 0.5) is 11.8 Å². The summed E-state index contributed by atoms with van der Waals surface area (Å²) in [6, 6.07) is 10.9. The quantitative estimate of drug-likeness (QED) is 0.741. The highest BCUT2D eigenvalue weighted by molar-refractivity contribution is 7.18. The maximum atomic E-state index is 11.9. The van der Waals surface area contributed by atoms with Gasteiger partial charge in [0.15, 0.2) is 0 Å².